The molecule has 2 atom stereocenters. The van der Waals surface area contributed by atoms with Gasteiger partial charge >= 0.3 is 0 Å². The Morgan fingerprint density at radius 2 is 2.00 bits per heavy atom. The van der Waals surface area contributed by atoms with Crippen molar-refractivity contribution in [1.82, 2.24) is 14.9 Å². The summed E-state index contributed by atoms with van der Waals surface area (Å²) in [7, 11) is 0. The summed E-state index contributed by atoms with van der Waals surface area (Å²) >= 11 is 0. The molecule has 2 amide bonds. The SMILES string of the molecule is NC(=O)[C@@H](CCCNc1ncc[nH]1)N(Cc1ccc(O)cc1)C(=O)[C@@H]1CNc2ccccc2C1. The summed E-state index contributed by atoms with van der Waals surface area (Å²) in [5.41, 5.74) is 8.74. The molecule has 6 N–H and O–H groups in total. The number of carbonyl (C=O) groups excluding carboxylic acids is 2. The predicted molar refractivity (Wildman–Crippen MR) is 130 cm³/mol. The van der Waals surface area contributed by atoms with E-state index in [1.54, 1.807) is 41.6 Å². The molecule has 1 aromatic heterocycles. The molecular formula is C25H30N6O3. The lowest BCUT2D eigenvalue weighted by Crippen LogP contribution is -2.51. The molecule has 0 bridgehead atoms. The Balaban J connectivity index is 1.50. The fourth-order valence-electron chi connectivity index (χ4n) is 4.31. The first kappa shape index (κ1) is 23.2. The maximum absolute atomic E-state index is 13.7. The number of H-pyrrole nitrogens is 1. The molecule has 0 saturated carbocycles. The van der Waals surface area contributed by atoms with Crippen molar-refractivity contribution >= 4 is 23.5 Å². The summed E-state index contributed by atoms with van der Waals surface area (Å²) in [5, 5.41) is 16.1. The topological polar surface area (TPSA) is 136 Å². The second-order valence-electron chi connectivity index (χ2n) is 8.50. The number of nitrogens with two attached hydrogens (primary N) is 1. The number of aromatic hydroxyl groups is 1. The van der Waals surface area contributed by atoms with Crippen molar-refractivity contribution in [1.29, 1.82) is 0 Å². The highest BCUT2D eigenvalue weighted by molar-refractivity contribution is 5.88. The molecule has 4 rings (SSSR count). The number of hydrogen-bond donors (Lipinski definition) is 5. The minimum atomic E-state index is -0.753. The molecule has 2 aromatic carbocycles. The highest BCUT2D eigenvalue weighted by Gasteiger charge is 2.34. The number of para-hydroxylation sites is 1. The normalized spacial score (nSPS) is 15.6. The molecule has 0 aliphatic carbocycles. The highest BCUT2D eigenvalue weighted by atomic mass is 16.3. The van der Waals surface area contributed by atoms with Crippen molar-refractivity contribution in [2.24, 2.45) is 11.7 Å². The molecule has 0 radical (unpaired) electrons. The van der Waals surface area contributed by atoms with E-state index in [0.29, 0.717) is 38.3 Å². The predicted octanol–water partition coefficient (Wildman–Crippen LogP) is 2.47. The molecule has 178 valence electrons. The van der Waals surface area contributed by atoms with Crippen LogP contribution in [0.4, 0.5) is 11.6 Å². The largest absolute Gasteiger partial charge is 0.508 e. The Hall–Kier alpha value is -4.01. The minimum absolute atomic E-state index is 0.113. The quantitative estimate of drug-likeness (QED) is 0.294. The third kappa shape index (κ3) is 5.67. The van der Waals surface area contributed by atoms with Gasteiger partial charge in [0.1, 0.15) is 11.8 Å². The summed E-state index contributed by atoms with van der Waals surface area (Å²) in [5.74, 6) is -0.160. The zero-order chi connectivity index (χ0) is 23.9. The lowest BCUT2D eigenvalue weighted by molar-refractivity contribution is -0.143. The number of nitrogens with one attached hydrogen (secondary N) is 3. The van der Waals surface area contributed by atoms with Crippen LogP contribution in [0, 0.1) is 5.92 Å². The van der Waals surface area contributed by atoms with Gasteiger partial charge in [-0.05, 0) is 48.6 Å². The average Bonchev–Trinajstić information content (AvgIpc) is 3.37. The monoisotopic (exact) mass is 462 g/mol. The van der Waals surface area contributed by atoms with E-state index in [1.165, 1.54) is 0 Å². The molecule has 0 fully saturated rings. The fraction of sp³-hybridized carbons (Fsp3) is 0.320. The van der Waals surface area contributed by atoms with Crippen molar-refractivity contribution in [3.8, 4) is 5.75 Å². The number of nitrogens with zero attached hydrogens (tertiary/aromatic N) is 2. The number of primary amides is 1. The van der Waals surface area contributed by atoms with Crippen LogP contribution in [0.2, 0.25) is 0 Å². The third-order valence-electron chi connectivity index (χ3n) is 6.09. The Morgan fingerprint density at radius 1 is 1.21 bits per heavy atom. The Morgan fingerprint density at radius 3 is 2.74 bits per heavy atom. The Labute approximate surface area is 198 Å². The molecule has 1 aliphatic heterocycles. The van der Waals surface area contributed by atoms with Crippen molar-refractivity contribution in [3.05, 3.63) is 72.1 Å². The van der Waals surface area contributed by atoms with Crippen LogP contribution in [-0.4, -0.2) is 50.9 Å². The number of imidazole rings is 1. The van der Waals surface area contributed by atoms with E-state index in [2.05, 4.69) is 20.6 Å². The maximum atomic E-state index is 13.7. The van der Waals surface area contributed by atoms with E-state index in [1.807, 2.05) is 24.3 Å². The van der Waals surface area contributed by atoms with Crippen molar-refractivity contribution < 1.29 is 14.7 Å². The van der Waals surface area contributed by atoms with Gasteiger partial charge in [-0.15, -0.1) is 0 Å². The number of rotatable bonds is 10. The summed E-state index contributed by atoms with van der Waals surface area (Å²) < 4.78 is 0. The summed E-state index contributed by atoms with van der Waals surface area (Å²) in [6, 6.07) is 13.8. The number of hydrogen-bond acceptors (Lipinski definition) is 6. The van der Waals surface area contributed by atoms with Gasteiger partial charge in [0.25, 0.3) is 0 Å². The fourth-order valence-corrected chi connectivity index (χ4v) is 4.31. The first-order valence-electron chi connectivity index (χ1n) is 11.4. The van der Waals surface area contributed by atoms with E-state index in [0.717, 1.165) is 16.8 Å². The number of anilines is 2. The number of aromatic amines is 1. The highest BCUT2D eigenvalue weighted by Crippen LogP contribution is 2.27. The van der Waals surface area contributed by atoms with Gasteiger partial charge in [-0.3, -0.25) is 9.59 Å². The zero-order valence-electron chi connectivity index (χ0n) is 18.9. The van der Waals surface area contributed by atoms with E-state index in [4.69, 9.17) is 5.73 Å². The first-order chi connectivity index (χ1) is 16.5. The molecule has 0 spiro atoms. The molecule has 9 nitrogen and oxygen atoms in total. The van der Waals surface area contributed by atoms with Crippen molar-refractivity contribution in [2.45, 2.75) is 31.8 Å². The number of phenols is 1. The zero-order valence-corrected chi connectivity index (χ0v) is 18.9. The number of amides is 2. The van der Waals surface area contributed by atoms with Crippen LogP contribution in [-0.2, 0) is 22.6 Å². The molecule has 3 aromatic rings. The lowest BCUT2D eigenvalue weighted by Gasteiger charge is -2.35. The Bertz CT molecular complexity index is 1100. The van der Waals surface area contributed by atoms with Crippen LogP contribution in [0.25, 0.3) is 0 Å². The average molecular weight is 463 g/mol. The van der Waals surface area contributed by atoms with Gasteiger partial charge in [0.15, 0.2) is 5.95 Å². The van der Waals surface area contributed by atoms with E-state index < -0.39 is 11.9 Å². The number of fused-ring (bicyclic) bond motifs is 1. The minimum Gasteiger partial charge on any atom is -0.508 e. The molecule has 1 aliphatic rings. The third-order valence-corrected chi connectivity index (χ3v) is 6.09. The second-order valence-corrected chi connectivity index (χ2v) is 8.50. The van der Waals surface area contributed by atoms with Crippen LogP contribution in [0.3, 0.4) is 0 Å². The van der Waals surface area contributed by atoms with Crippen molar-refractivity contribution in [2.75, 3.05) is 23.7 Å². The van der Waals surface area contributed by atoms with E-state index in [9.17, 15) is 14.7 Å². The standard InChI is InChI=1S/C25H30N6O3/c26-23(33)22(6-3-11-27-25-28-12-13-29-25)31(16-17-7-9-20(32)10-8-17)24(34)19-14-18-4-1-2-5-21(18)30-15-19/h1-2,4-5,7-10,12-13,19,22,30,32H,3,6,11,14-16H2,(H2,26,33)(H2,27,28,29)/t19-,22+/m0/s1. The first-order valence-corrected chi connectivity index (χ1v) is 11.4. The molecule has 34 heavy (non-hydrogen) atoms. The van der Waals surface area contributed by atoms with Crippen LogP contribution in [0.5, 0.6) is 5.75 Å². The van der Waals surface area contributed by atoms with Gasteiger partial charge in [-0.1, -0.05) is 30.3 Å². The van der Waals surface area contributed by atoms with Gasteiger partial charge in [0, 0.05) is 37.7 Å². The lowest BCUT2D eigenvalue weighted by atomic mass is 9.91. The maximum Gasteiger partial charge on any atom is 0.240 e. The van der Waals surface area contributed by atoms with Gasteiger partial charge in [0.2, 0.25) is 11.8 Å². The van der Waals surface area contributed by atoms with Gasteiger partial charge < -0.3 is 31.4 Å². The van der Waals surface area contributed by atoms with Crippen LogP contribution in [0.15, 0.2) is 60.9 Å². The number of carbonyl (C=O) groups is 2. The number of phenolic OH excluding ortho intramolecular Hbond substituents is 1. The van der Waals surface area contributed by atoms with Crippen LogP contribution >= 0.6 is 0 Å². The van der Waals surface area contributed by atoms with Crippen molar-refractivity contribution in [3.63, 3.8) is 0 Å². The summed E-state index contributed by atoms with van der Waals surface area (Å²) in [6.45, 7) is 1.31. The number of benzene rings is 2. The Kier molecular flexibility index (Phi) is 7.31. The molecule has 0 saturated heterocycles. The second kappa shape index (κ2) is 10.7. The van der Waals surface area contributed by atoms with Crippen LogP contribution in [0.1, 0.15) is 24.0 Å². The molecule has 0 unspecified atom stereocenters. The summed E-state index contributed by atoms with van der Waals surface area (Å²) in [4.78, 5) is 35.0. The summed E-state index contributed by atoms with van der Waals surface area (Å²) in [6.07, 6.45) is 5.02. The van der Waals surface area contributed by atoms with E-state index in [-0.39, 0.29) is 24.1 Å². The molecular weight excluding hydrogens is 432 g/mol. The number of aromatic nitrogens is 2. The smallest absolute Gasteiger partial charge is 0.240 e. The van der Waals surface area contributed by atoms with Gasteiger partial charge in [-0.25, -0.2) is 4.98 Å². The van der Waals surface area contributed by atoms with Crippen LogP contribution < -0.4 is 16.4 Å². The van der Waals surface area contributed by atoms with Gasteiger partial charge in [-0.2, -0.15) is 0 Å². The van der Waals surface area contributed by atoms with E-state index >= 15 is 0 Å². The van der Waals surface area contributed by atoms with Gasteiger partial charge in [0.05, 0.1) is 5.92 Å². The molecule has 2 heterocycles. The molecule has 9 heteroatoms.